The molecule has 4 aromatic rings. The topological polar surface area (TPSA) is 66.9 Å². The van der Waals surface area contributed by atoms with E-state index in [0.29, 0.717) is 28.3 Å². The first kappa shape index (κ1) is 21.2. The molecule has 1 unspecified atom stereocenters. The predicted octanol–water partition coefficient (Wildman–Crippen LogP) is 5.83. The van der Waals surface area contributed by atoms with E-state index in [1.165, 1.54) is 24.0 Å². The lowest BCUT2D eigenvalue weighted by molar-refractivity contribution is 0.0940. The van der Waals surface area contributed by atoms with Gasteiger partial charge in [0.2, 0.25) is 0 Å². The van der Waals surface area contributed by atoms with Gasteiger partial charge in [0.25, 0.3) is 5.91 Å². The van der Waals surface area contributed by atoms with Gasteiger partial charge in [-0.2, -0.15) is 0 Å². The minimum atomic E-state index is -0.325. The Hall–Kier alpha value is -4.06. The molecular weight excluding hydrogens is 403 g/mol. The van der Waals surface area contributed by atoms with Crippen LogP contribution in [0.2, 0.25) is 0 Å². The smallest absolute Gasteiger partial charge is 0.251 e. The van der Waals surface area contributed by atoms with Crippen molar-refractivity contribution in [3.05, 3.63) is 108 Å². The molecule has 1 aromatic heterocycles. The van der Waals surface area contributed by atoms with Gasteiger partial charge in [0.05, 0.1) is 11.7 Å². The summed E-state index contributed by atoms with van der Waals surface area (Å²) in [7, 11) is 0. The van der Waals surface area contributed by atoms with E-state index in [4.69, 9.17) is 0 Å². The van der Waals surface area contributed by atoms with Gasteiger partial charge in [-0.05, 0) is 49.7 Å². The quantitative estimate of drug-likeness (QED) is 0.407. The number of benzene rings is 3. The Morgan fingerprint density at radius 3 is 2.50 bits per heavy atom. The molecule has 0 aliphatic carbocycles. The van der Waals surface area contributed by atoms with Crippen molar-refractivity contribution in [2.24, 2.45) is 0 Å². The SMILES string of the molecule is Cc1ccc(C(C)NC(=O)c2cccc(Nc3cc(-c4cccc(F)c4)ncn3)c2)cc1. The lowest BCUT2D eigenvalue weighted by atomic mass is 10.1. The van der Waals surface area contributed by atoms with Crippen molar-refractivity contribution in [3.63, 3.8) is 0 Å². The zero-order chi connectivity index (χ0) is 22.5. The highest BCUT2D eigenvalue weighted by Crippen LogP contribution is 2.22. The largest absolute Gasteiger partial charge is 0.346 e. The van der Waals surface area contributed by atoms with E-state index in [0.717, 1.165) is 5.56 Å². The average Bonchev–Trinajstić information content (AvgIpc) is 2.80. The molecule has 0 saturated carbocycles. The Labute approximate surface area is 186 Å². The first-order valence-electron chi connectivity index (χ1n) is 10.3. The van der Waals surface area contributed by atoms with Crippen LogP contribution in [0.1, 0.15) is 34.5 Å². The Kier molecular flexibility index (Phi) is 6.22. The van der Waals surface area contributed by atoms with Gasteiger partial charge in [-0.25, -0.2) is 14.4 Å². The molecule has 160 valence electrons. The molecule has 3 aromatic carbocycles. The summed E-state index contributed by atoms with van der Waals surface area (Å²) < 4.78 is 13.5. The van der Waals surface area contributed by atoms with E-state index in [2.05, 4.69) is 20.6 Å². The first-order chi connectivity index (χ1) is 15.5. The molecule has 2 N–H and O–H groups in total. The van der Waals surface area contributed by atoms with Gasteiger partial charge in [0.15, 0.2) is 0 Å². The van der Waals surface area contributed by atoms with Crippen LogP contribution in [0, 0.1) is 12.7 Å². The third kappa shape index (κ3) is 5.16. The molecule has 1 heterocycles. The Morgan fingerprint density at radius 1 is 0.938 bits per heavy atom. The van der Waals surface area contributed by atoms with Gasteiger partial charge in [-0.15, -0.1) is 0 Å². The van der Waals surface area contributed by atoms with Crippen LogP contribution in [0.4, 0.5) is 15.9 Å². The Balaban J connectivity index is 1.48. The third-order valence-electron chi connectivity index (χ3n) is 5.11. The number of nitrogens with one attached hydrogen (secondary N) is 2. The molecule has 0 aliphatic heterocycles. The van der Waals surface area contributed by atoms with Gasteiger partial charge in [0, 0.05) is 22.9 Å². The number of halogens is 1. The minimum Gasteiger partial charge on any atom is -0.346 e. The zero-order valence-corrected chi connectivity index (χ0v) is 17.8. The maximum absolute atomic E-state index is 13.5. The summed E-state index contributed by atoms with van der Waals surface area (Å²) >= 11 is 0. The number of carbonyl (C=O) groups is 1. The number of carbonyl (C=O) groups excluding carboxylic acids is 1. The molecule has 0 spiro atoms. The van der Waals surface area contributed by atoms with Crippen LogP contribution in [0.3, 0.4) is 0 Å². The molecule has 5 nitrogen and oxygen atoms in total. The van der Waals surface area contributed by atoms with Crippen molar-refractivity contribution < 1.29 is 9.18 Å². The molecule has 32 heavy (non-hydrogen) atoms. The summed E-state index contributed by atoms with van der Waals surface area (Å²) in [6, 6.07) is 23.1. The number of anilines is 2. The molecule has 1 atom stereocenters. The van der Waals surface area contributed by atoms with Crippen molar-refractivity contribution in [1.82, 2.24) is 15.3 Å². The van der Waals surface area contributed by atoms with E-state index in [9.17, 15) is 9.18 Å². The van der Waals surface area contributed by atoms with Crippen LogP contribution >= 0.6 is 0 Å². The van der Waals surface area contributed by atoms with E-state index >= 15 is 0 Å². The maximum Gasteiger partial charge on any atom is 0.251 e. The van der Waals surface area contributed by atoms with Crippen LogP contribution in [0.25, 0.3) is 11.3 Å². The fourth-order valence-electron chi connectivity index (χ4n) is 3.34. The summed E-state index contributed by atoms with van der Waals surface area (Å²) in [6.07, 6.45) is 1.42. The van der Waals surface area contributed by atoms with Crippen molar-refractivity contribution in [2.75, 3.05) is 5.32 Å². The first-order valence-corrected chi connectivity index (χ1v) is 10.3. The maximum atomic E-state index is 13.5. The normalized spacial score (nSPS) is 11.6. The number of aryl methyl sites for hydroxylation is 1. The van der Waals surface area contributed by atoms with Crippen LogP contribution in [-0.2, 0) is 0 Å². The van der Waals surface area contributed by atoms with E-state index in [-0.39, 0.29) is 17.8 Å². The van der Waals surface area contributed by atoms with E-state index in [1.807, 2.05) is 50.2 Å². The standard InChI is InChI=1S/C26H23FN4O/c1-17-9-11-19(12-10-17)18(2)30-26(32)21-6-4-8-23(14-21)31-25-15-24(28-16-29-25)20-5-3-7-22(27)13-20/h3-16,18H,1-2H3,(H,30,32)(H,28,29,31). The lowest BCUT2D eigenvalue weighted by Crippen LogP contribution is -2.26. The highest BCUT2D eigenvalue weighted by molar-refractivity contribution is 5.95. The monoisotopic (exact) mass is 426 g/mol. The fourth-order valence-corrected chi connectivity index (χ4v) is 3.34. The summed E-state index contributed by atoms with van der Waals surface area (Å²) in [5.41, 5.74) is 4.73. The molecule has 0 saturated heterocycles. The summed E-state index contributed by atoms with van der Waals surface area (Å²) in [5.74, 6) is 0.0592. The Morgan fingerprint density at radius 2 is 1.72 bits per heavy atom. The van der Waals surface area contributed by atoms with Crippen LogP contribution in [-0.4, -0.2) is 15.9 Å². The molecular formula is C26H23FN4O. The second-order valence-electron chi connectivity index (χ2n) is 7.61. The number of amides is 1. The summed E-state index contributed by atoms with van der Waals surface area (Å²) in [6.45, 7) is 3.99. The van der Waals surface area contributed by atoms with Crippen LogP contribution in [0.15, 0.2) is 85.2 Å². The summed E-state index contributed by atoms with van der Waals surface area (Å²) in [5, 5.41) is 6.22. The van der Waals surface area contributed by atoms with E-state index in [1.54, 1.807) is 30.3 Å². The second kappa shape index (κ2) is 9.39. The average molecular weight is 426 g/mol. The van der Waals surface area contributed by atoms with Crippen LogP contribution in [0.5, 0.6) is 0 Å². The molecule has 0 fully saturated rings. The number of hydrogen-bond acceptors (Lipinski definition) is 4. The van der Waals surface area contributed by atoms with E-state index < -0.39 is 0 Å². The minimum absolute atomic E-state index is 0.115. The number of nitrogens with zero attached hydrogens (tertiary/aromatic N) is 2. The second-order valence-corrected chi connectivity index (χ2v) is 7.61. The molecule has 6 heteroatoms. The van der Waals surface area contributed by atoms with Gasteiger partial charge in [-0.1, -0.05) is 48.0 Å². The lowest BCUT2D eigenvalue weighted by Gasteiger charge is -2.15. The van der Waals surface area contributed by atoms with Crippen molar-refractivity contribution >= 4 is 17.4 Å². The number of rotatable bonds is 6. The third-order valence-corrected chi connectivity index (χ3v) is 5.11. The van der Waals surface area contributed by atoms with Gasteiger partial charge in [0.1, 0.15) is 18.0 Å². The Bertz CT molecular complexity index is 1240. The predicted molar refractivity (Wildman–Crippen MR) is 124 cm³/mol. The highest BCUT2D eigenvalue weighted by Gasteiger charge is 2.12. The van der Waals surface area contributed by atoms with Crippen molar-refractivity contribution in [1.29, 1.82) is 0 Å². The molecule has 1 amide bonds. The highest BCUT2D eigenvalue weighted by atomic mass is 19.1. The summed E-state index contributed by atoms with van der Waals surface area (Å²) in [4.78, 5) is 21.2. The number of hydrogen-bond donors (Lipinski definition) is 2. The van der Waals surface area contributed by atoms with Crippen molar-refractivity contribution in [3.8, 4) is 11.3 Å². The molecule has 0 radical (unpaired) electrons. The van der Waals surface area contributed by atoms with Gasteiger partial charge >= 0.3 is 0 Å². The van der Waals surface area contributed by atoms with Gasteiger partial charge < -0.3 is 10.6 Å². The van der Waals surface area contributed by atoms with Crippen molar-refractivity contribution in [2.45, 2.75) is 19.9 Å². The van der Waals surface area contributed by atoms with Crippen LogP contribution < -0.4 is 10.6 Å². The fraction of sp³-hybridized carbons (Fsp3) is 0.115. The molecule has 4 rings (SSSR count). The molecule has 0 aliphatic rings. The number of aromatic nitrogens is 2. The van der Waals surface area contributed by atoms with Gasteiger partial charge in [-0.3, -0.25) is 4.79 Å². The molecule has 0 bridgehead atoms. The zero-order valence-electron chi connectivity index (χ0n) is 17.8.